The molecule has 1 amide bonds. The summed E-state index contributed by atoms with van der Waals surface area (Å²) in [6.07, 6.45) is 0. The zero-order valence-electron chi connectivity index (χ0n) is 13.1. The lowest BCUT2D eigenvalue weighted by molar-refractivity contribution is -0.117. The quantitative estimate of drug-likeness (QED) is 0.506. The normalized spacial score (nSPS) is 17.4. The van der Waals surface area contributed by atoms with Crippen LogP contribution in [0.1, 0.15) is 0 Å². The van der Waals surface area contributed by atoms with Crippen molar-refractivity contribution in [2.24, 2.45) is 15.3 Å². The number of nitrogens with zero attached hydrogens (tertiary/aromatic N) is 5. The molecule has 2 aromatic rings. The van der Waals surface area contributed by atoms with Gasteiger partial charge in [-0.2, -0.15) is 18.6 Å². The topological polar surface area (TPSA) is 116 Å². The largest absolute Gasteiger partial charge is 0.360 e. The molecular formula is C16H11N5O4S. The summed E-state index contributed by atoms with van der Waals surface area (Å²) in [6.45, 7) is 7.17. The molecule has 0 bridgehead atoms. The maximum Gasteiger partial charge on any atom is 0.307 e. The Labute approximate surface area is 148 Å². The van der Waals surface area contributed by atoms with Gasteiger partial charge in [-0.1, -0.05) is 24.8 Å². The van der Waals surface area contributed by atoms with Gasteiger partial charge in [0.05, 0.1) is 16.3 Å². The van der Waals surface area contributed by atoms with Crippen LogP contribution in [0.15, 0.2) is 74.8 Å². The molecule has 3 rings (SSSR count). The molecule has 1 heterocycles. The minimum Gasteiger partial charge on any atom is -0.360 e. The van der Waals surface area contributed by atoms with Crippen LogP contribution < -0.4 is 5.01 Å². The van der Waals surface area contributed by atoms with Crippen molar-refractivity contribution in [1.82, 2.24) is 0 Å². The standard InChI is InChI=1S/C16H11N5O4S/c1-17-15-14(16(22)21(20-15)12-5-3-2-4-6-12)19-18-11-7-9-13(10-8-11)26(23,24)25/h2-10,14H,(H,23,24,25). The van der Waals surface area contributed by atoms with E-state index in [0.29, 0.717) is 5.69 Å². The first-order valence-electron chi connectivity index (χ1n) is 7.23. The molecule has 1 N–H and O–H groups in total. The van der Waals surface area contributed by atoms with E-state index in [1.54, 1.807) is 30.3 Å². The number of hydrogen-bond acceptors (Lipinski definition) is 6. The van der Waals surface area contributed by atoms with E-state index in [-0.39, 0.29) is 16.4 Å². The summed E-state index contributed by atoms with van der Waals surface area (Å²) in [5.74, 6) is -0.627. The summed E-state index contributed by atoms with van der Waals surface area (Å²) in [4.78, 5) is 15.4. The second-order valence-electron chi connectivity index (χ2n) is 5.14. The molecule has 10 heteroatoms. The maximum absolute atomic E-state index is 12.5. The number of para-hydroxylation sites is 1. The number of hydrogen-bond donors (Lipinski definition) is 1. The second-order valence-corrected chi connectivity index (χ2v) is 6.56. The predicted octanol–water partition coefficient (Wildman–Crippen LogP) is 2.67. The van der Waals surface area contributed by atoms with Crippen molar-refractivity contribution in [2.75, 3.05) is 5.01 Å². The minimum atomic E-state index is -4.30. The van der Waals surface area contributed by atoms with E-state index in [1.165, 1.54) is 12.1 Å². The highest BCUT2D eigenvalue weighted by atomic mass is 32.2. The number of amidine groups is 1. The van der Waals surface area contributed by atoms with Gasteiger partial charge in [0.1, 0.15) is 0 Å². The molecule has 1 aliphatic heterocycles. The van der Waals surface area contributed by atoms with Crippen LogP contribution in [-0.4, -0.2) is 30.8 Å². The Morgan fingerprint density at radius 1 is 1.12 bits per heavy atom. The van der Waals surface area contributed by atoms with Crippen molar-refractivity contribution in [3.8, 4) is 0 Å². The zero-order valence-corrected chi connectivity index (χ0v) is 13.9. The summed E-state index contributed by atoms with van der Waals surface area (Å²) < 4.78 is 31.0. The Morgan fingerprint density at radius 3 is 2.35 bits per heavy atom. The fraction of sp³-hybridized carbons (Fsp3) is 0.0625. The SMILES string of the molecule is [C-]#[N+]C1=NN(c2ccccc2)C(=O)C1N=Nc1ccc(S(=O)(=O)O)cc1. The number of carbonyl (C=O) groups excluding carboxylic acids is 1. The van der Waals surface area contributed by atoms with Crippen molar-refractivity contribution in [1.29, 1.82) is 0 Å². The summed E-state index contributed by atoms with van der Waals surface area (Å²) in [7, 11) is -4.30. The van der Waals surface area contributed by atoms with Crippen LogP contribution >= 0.6 is 0 Å². The van der Waals surface area contributed by atoms with Crippen molar-refractivity contribution in [3.63, 3.8) is 0 Å². The van der Waals surface area contributed by atoms with Gasteiger partial charge in [0.25, 0.3) is 16.0 Å². The van der Waals surface area contributed by atoms with Crippen LogP contribution in [0, 0.1) is 6.57 Å². The monoisotopic (exact) mass is 369 g/mol. The van der Waals surface area contributed by atoms with Crippen molar-refractivity contribution in [2.45, 2.75) is 10.9 Å². The Morgan fingerprint density at radius 2 is 1.77 bits per heavy atom. The van der Waals surface area contributed by atoms with Crippen molar-refractivity contribution >= 4 is 33.2 Å². The Bertz CT molecular complexity index is 1040. The highest BCUT2D eigenvalue weighted by Crippen LogP contribution is 2.24. The molecule has 2 aromatic carbocycles. The molecule has 0 aliphatic carbocycles. The lowest BCUT2D eigenvalue weighted by atomic mass is 10.2. The minimum absolute atomic E-state index is 0.114. The van der Waals surface area contributed by atoms with Crippen molar-refractivity contribution < 1.29 is 17.8 Å². The highest BCUT2D eigenvalue weighted by Gasteiger charge is 2.40. The molecule has 1 unspecified atom stereocenters. The number of anilines is 1. The third-order valence-corrected chi connectivity index (χ3v) is 4.30. The molecule has 9 nitrogen and oxygen atoms in total. The van der Waals surface area contributed by atoms with Crippen LogP contribution in [0.3, 0.4) is 0 Å². The lowest BCUT2D eigenvalue weighted by Gasteiger charge is -2.07. The molecule has 0 spiro atoms. The van der Waals surface area contributed by atoms with E-state index in [1.807, 2.05) is 0 Å². The fourth-order valence-electron chi connectivity index (χ4n) is 2.18. The number of carbonyl (C=O) groups is 1. The van der Waals surface area contributed by atoms with Gasteiger partial charge in [-0.05, 0) is 41.5 Å². The first-order valence-corrected chi connectivity index (χ1v) is 8.67. The fourth-order valence-corrected chi connectivity index (χ4v) is 2.66. The molecule has 0 aromatic heterocycles. The molecule has 0 saturated heterocycles. The molecule has 0 saturated carbocycles. The van der Waals surface area contributed by atoms with Gasteiger partial charge in [-0.3, -0.25) is 9.35 Å². The highest BCUT2D eigenvalue weighted by molar-refractivity contribution is 7.85. The maximum atomic E-state index is 12.5. The van der Waals surface area contributed by atoms with E-state index in [9.17, 15) is 13.2 Å². The van der Waals surface area contributed by atoms with E-state index in [0.717, 1.165) is 17.1 Å². The summed E-state index contributed by atoms with van der Waals surface area (Å²) in [5, 5.41) is 12.8. The van der Waals surface area contributed by atoms with Crippen LogP contribution in [0.5, 0.6) is 0 Å². The van der Waals surface area contributed by atoms with Crippen molar-refractivity contribution in [3.05, 3.63) is 66.0 Å². The number of amides is 1. The van der Waals surface area contributed by atoms with E-state index >= 15 is 0 Å². The van der Waals surface area contributed by atoms with Crippen LogP contribution in [0.2, 0.25) is 0 Å². The molecule has 1 atom stereocenters. The van der Waals surface area contributed by atoms with E-state index in [4.69, 9.17) is 11.1 Å². The molecule has 0 fully saturated rings. The zero-order chi connectivity index (χ0) is 18.7. The third-order valence-electron chi connectivity index (χ3n) is 3.43. The van der Waals surface area contributed by atoms with Gasteiger partial charge in [0.15, 0.2) is 0 Å². The lowest BCUT2D eigenvalue weighted by Crippen LogP contribution is -2.29. The van der Waals surface area contributed by atoms with Crippen LogP contribution in [0.25, 0.3) is 4.85 Å². The summed E-state index contributed by atoms with van der Waals surface area (Å²) in [6, 6.07) is 12.4. The van der Waals surface area contributed by atoms with Gasteiger partial charge in [-0.15, -0.1) is 5.01 Å². The average Bonchev–Trinajstić information content (AvgIpc) is 2.96. The van der Waals surface area contributed by atoms with E-state index < -0.39 is 22.1 Å². The average molecular weight is 369 g/mol. The predicted molar refractivity (Wildman–Crippen MR) is 92.5 cm³/mol. The van der Waals surface area contributed by atoms with Gasteiger partial charge in [-0.25, -0.2) is 0 Å². The Kier molecular flexibility index (Phi) is 4.57. The second kappa shape index (κ2) is 6.83. The third kappa shape index (κ3) is 3.49. The molecule has 0 radical (unpaired) electrons. The van der Waals surface area contributed by atoms with Gasteiger partial charge in [0.2, 0.25) is 6.04 Å². The first kappa shape index (κ1) is 17.4. The number of rotatable bonds is 4. The molecular weight excluding hydrogens is 358 g/mol. The Hall–Kier alpha value is -3.42. The van der Waals surface area contributed by atoms with Gasteiger partial charge >= 0.3 is 5.84 Å². The van der Waals surface area contributed by atoms with Gasteiger partial charge < -0.3 is 4.85 Å². The number of hydrazone groups is 1. The molecule has 26 heavy (non-hydrogen) atoms. The molecule has 1 aliphatic rings. The summed E-state index contributed by atoms with van der Waals surface area (Å²) in [5.41, 5.74) is 0.765. The smallest absolute Gasteiger partial charge is 0.307 e. The van der Waals surface area contributed by atoms with E-state index in [2.05, 4.69) is 20.2 Å². The summed E-state index contributed by atoms with van der Waals surface area (Å²) >= 11 is 0. The number of azo groups is 1. The van der Waals surface area contributed by atoms with Crippen LogP contribution in [0.4, 0.5) is 11.4 Å². The Balaban J connectivity index is 1.83. The number of benzene rings is 2. The molecule has 130 valence electrons. The first-order chi connectivity index (χ1) is 12.4. The van der Waals surface area contributed by atoms with Crippen LogP contribution in [-0.2, 0) is 14.9 Å². The van der Waals surface area contributed by atoms with Gasteiger partial charge in [0, 0.05) is 0 Å².